The summed E-state index contributed by atoms with van der Waals surface area (Å²) in [7, 11) is 1.66. The molecule has 162 valence electrons. The SMILES string of the molecule is CC(C)c1ccc(CN(C)C(=O)NNC(=O)c2ccc(COc3ccccc3)o2)cc1. The summed E-state index contributed by atoms with van der Waals surface area (Å²) in [5.74, 6) is 1.20. The van der Waals surface area contributed by atoms with E-state index in [-0.39, 0.29) is 12.4 Å². The number of nitrogens with one attached hydrogen (secondary N) is 2. The number of benzene rings is 2. The lowest BCUT2D eigenvalue weighted by atomic mass is 10.0. The number of urea groups is 1. The summed E-state index contributed by atoms with van der Waals surface area (Å²) in [5.41, 5.74) is 7.00. The second kappa shape index (κ2) is 10.3. The van der Waals surface area contributed by atoms with Gasteiger partial charge in [0, 0.05) is 13.6 Å². The highest BCUT2D eigenvalue weighted by Crippen LogP contribution is 2.16. The van der Waals surface area contributed by atoms with Crippen molar-refractivity contribution in [2.45, 2.75) is 32.9 Å². The highest BCUT2D eigenvalue weighted by Gasteiger charge is 2.14. The molecule has 0 radical (unpaired) electrons. The third-order valence-corrected chi connectivity index (χ3v) is 4.71. The molecule has 7 heteroatoms. The molecule has 0 unspecified atom stereocenters. The Bertz CT molecular complexity index is 997. The van der Waals surface area contributed by atoms with Crippen molar-refractivity contribution in [1.29, 1.82) is 0 Å². The first kappa shape index (κ1) is 22.0. The van der Waals surface area contributed by atoms with Gasteiger partial charge in [-0.15, -0.1) is 0 Å². The van der Waals surface area contributed by atoms with Crippen LogP contribution in [0.25, 0.3) is 0 Å². The first-order valence-corrected chi connectivity index (χ1v) is 10.1. The molecule has 0 aliphatic heterocycles. The van der Waals surface area contributed by atoms with Crippen LogP contribution in [0.2, 0.25) is 0 Å². The summed E-state index contributed by atoms with van der Waals surface area (Å²) >= 11 is 0. The molecule has 0 saturated carbocycles. The van der Waals surface area contributed by atoms with Gasteiger partial charge in [0.25, 0.3) is 0 Å². The lowest BCUT2D eigenvalue weighted by Gasteiger charge is -2.18. The summed E-state index contributed by atoms with van der Waals surface area (Å²) in [6.07, 6.45) is 0. The number of amides is 3. The third kappa shape index (κ3) is 6.37. The van der Waals surface area contributed by atoms with Crippen molar-refractivity contribution in [3.05, 3.63) is 89.4 Å². The smallest absolute Gasteiger partial charge is 0.336 e. The molecule has 0 bridgehead atoms. The number of para-hydroxylation sites is 1. The number of carbonyl (C=O) groups excluding carboxylic acids is 2. The first-order valence-electron chi connectivity index (χ1n) is 10.1. The molecule has 0 atom stereocenters. The second-order valence-electron chi connectivity index (χ2n) is 7.50. The van der Waals surface area contributed by atoms with Crippen LogP contribution in [0.4, 0.5) is 4.79 Å². The van der Waals surface area contributed by atoms with Crippen LogP contribution >= 0.6 is 0 Å². The molecular weight excluding hydrogens is 394 g/mol. The van der Waals surface area contributed by atoms with E-state index >= 15 is 0 Å². The topological polar surface area (TPSA) is 83.8 Å². The highest BCUT2D eigenvalue weighted by atomic mass is 16.5. The maximum atomic E-state index is 12.3. The van der Waals surface area contributed by atoms with E-state index in [2.05, 4.69) is 36.8 Å². The van der Waals surface area contributed by atoms with E-state index in [1.807, 2.05) is 42.5 Å². The molecule has 1 aromatic heterocycles. The van der Waals surface area contributed by atoms with Gasteiger partial charge in [-0.2, -0.15) is 0 Å². The Morgan fingerprint density at radius 3 is 2.35 bits per heavy atom. The van der Waals surface area contributed by atoms with Gasteiger partial charge in [-0.25, -0.2) is 10.2 Å². The van der Waals surface area contributed by atoms with Crippen LogP contribution in [0.15, 0.2) is 71.1 Å². The van der Waals surface area contributed by atoms with Crippen molar-refractivity contribution in [1.82, 2.24) is 15.8 Å². The van der Waals surface area contributed by atoms with Crippen LogP contribution in [0.3, 0.4) is 0 Å². The maximum Gasteiger partial charge on any atom is 0.336 e. The van der Waals surface area contributed by atoms with Crippen molar-refractivity contribution in [2.24, 2.45) is 0 Å². The van der Waals surface area contributed by atoms with Crippen molar-refractivity contribution in [3.63, 3.8) is 0 Å². The molecule has 0 spiro atoms. The fraction of sp³-hybridized carbons (Fsp3) is 0.250. The molecule has 31 heavy (non-hydrogen) atoms. The second-order valence-corrected chi connectivity index (χ2v) is 7.50. The molecule has 7 nitrogen and oxygen atoms in total. The summed E-state index contributed by atoms with van der Waals surface area (Å²) in [4.78, 5) is 26.0. The Hall–Kier alpha value is -3.74. The van der Waals surface area contributed by atoms with Gasteiger partial charge >= 0.3 is 11.9 Å². The van der Waals surface area contributed by atoms with E-state index in [1.165, 1.54) is 16.5 Å². The van der Waals surface area contributed by atoms with Gasteiger partial charge in [0.1, 0.15) is 18.1 Å². The van der Waals surface area contributed by atoms with Crippen molar-refractivity contribution >= 4 is 11.9 Å². The van der Waals surface area contributed by atoms with Crippen LogP contribution in [-0.2, 0) is 13.2 Å². The normalized spacial score (nSPS) is 10.6. The van der Waals surface area contributed by atoms with Crippen molar-refractivity contribution < 1.29 is 18.7 Å². The van der Waals surface area contributed by atoms with E-state index < -0.39 is 11.9 Å². The van der Waals surface area contributed by atoms with Crippen LogP contribution in [0.5, 0.6) is 5.75 Å². The lowest BCUT2D eigenvalue weighted by molar-refractivity contribution is 0.0899. The van der Waals surface area contributed by atoms with Crippen LogP contribution < -0.4 is 15.6 Å². The molecule has 1 heterocycles. The third-order valence-electron chi connectivity index (χ3n) is 4.71. The predicted octanol–water partition coefficient (Wildman–Crippen LogP) is 4.47. The van der Waals surface area contributed by atoms with Crippen molar-refractivity contribution in [2.75, 3.05) is 7.05 Å². The van der Waals surface area contributed by atoms with Crippen LogP contribution in [0.1, 0.15) is 47.2 Å². The summed E-state index contributed by atoms with van der Waals surface area (Å²) < 4.78 is 11.1. The molecule has 3 amide bonds. The van der Waals surface area contributed by atoms with E-state index in [4.69, 9.17) is 9.15 Å². The Morgan fingerprint density at radius 1 is 0.968 bits per heavy atom. The molecule has 2 N–H and O–H groups in total. The quantitative estimate of drug-likeness (QED) is 0.552. The zero-order valence-corrected chi connectivity index (χ0v) is 17.9. The standard InChI is InChI=1S/C24H27N3O4/c1-17(2)19-11-9-18(10-12-19)15-27(3)24(29)26-25-23(28)22-14-13-21(31-22)16-30-20-7-5-4-6-8-20/h4-14,17H,15-16H2,1-3H3,(H,25,28)(H,26,29). The van der Waals surface area contributed by atoms with Gasteiger partial charge in [-0.3, -0.25) is 10.2 Å². The van der Waals surface area contributed by atoms with Gasteiger partial charge in [0.15, 0.2) is 5.76 Å². The zero-order chi connectivity index (χ0) is 22.2. The molecule has 0 saturated heterocycles. The van der Waals surface area contributed by atoms with Gasteiger partial charge in [0.2, 0.25) is 0 Å². The van der Waals surface area contributed by atoms with E-state index in [0.717, 1.165) is 5.56 Å². The van der Waals surface area contributed by atoms with Crippen LogP contribution in [-0.4, -0.2) is 23.9 Å². The van der Waals surface area contributed by atoms with E-state index in [1.54, 1.807) is 13.1 Å². The number of carbonyl (C=O) groups is 2. The minimum atomic E-state index is -0.547. The number of hydrazine groups is 1. The molecular formula is C24H27N3O4. The zero-order valence-electron chi connectivity index (χ0n) is 17.9. The van der Waals surface area contributed by atoms with Crippen LogP contribution in [0, 0.1) is 0 Å². The molecule has 3 aromatic rings. The van der Waals surface area contributed by atoms with Gasteiger partial charge in [-0.1, -0.05) is 56.3 Å². The summed E-state index contributed by atoms with van der Waals surface area (Å²) in [6.45, 7) is 4.88. The molecule has 0 fully saturated rings. The van der Waals surface area contributed by atoms with E-state index in [9.17, 15) is 9.59 Å². The minimum Gasteiger partial charge on any atom is -0.486 e. The van der Waals surface area contributed by atoms with E-state index in [0.29, 0.717) is 24.0 Å². The monoisotopic (exact) mass is 421 g/mol. The Morgan fingerprint density at radius 2 is 1.68 bits per heavy atom. The number of ether oxygens (including phenoxy) is 1. The average molecular weight is 421 g/mol. The Kier molecular flexibility index (Phi) is 7.32. The minimum absolute atomic E-state index is 0.0823. The number of hydrogen-bond donors (Lipinski definition) is 2. The highest BCUT2D eigenvalue weighted by molar-refractivity contribution is 5.92. The molecule has 0 aliphatic carbocycles. The number of furan rings is 1. The predicted molar refractivity (Wildman–Crippen MR) is 117 cm³/mol. The summed E-state index contributed by atoms with van der Waals surface area (Å²) in [5, 5.41) is 0. The maximum absolute atomic E-state index is 12.3. The number of rotatable bonds is 7. The fourth-order valence-electron chi connectivity index (χ4n) is 2.87. The molecule has 3 rings (SSSR count). The molecule has 0 aliphatic rings. The largest absolute Gasteiger partial charge is 0.486 e. The summed E-state index contributed by atoms with van der Waals surface area (Å²) in [6, 6.07) is 20.2. The fourth-order valence-corrected chi connectivity index (χ4v) is 2.87. The molecule has 2 aromatic carbocycles. The number of nitrogens with zero attached hydrogens (tertiary/aromatic N) is 1. The van der Waals surface area contributed by atoms with Crippen molar-refractivity contribution in [3.8, 4) is 5.75 Å². The van der Waals surface area contributed by atoms with Gasteiger partial charge < -0.3 is 14.1 Å². The Labute approximate surface area is 182 Å². The first-order chi connectivity index (χ1) is 14.9. The average Bonchev–Trinajstić information content (AvgIpc) is 3.26. The lowest BCUT2D eigenvalue weighted by Crippen LogP contribution is -2.47. The van der Waals surface area contributed by atoms with Gasteiger partial charge in [0.05, 0.1) is 0 Å². The number of hydrogen-bond acceptors (Lipinski definition) is 4. The Balaban J connectivity index is 1.45. The van der Waals surface area contributed by atoms with Gasteiger partial charge in [-0.05, 0) is 41.3 Å².